The first kappa shape index (κ1) is 14.3. The Morgan fingerprint density at radius 1 is 1.05 bits per heavy atom. The smallest absolute Gasteiger partial charge is 0.194 e. The molecule has 0 aliphatic carbocycles. The minimum atomic E-state index is -1.47. The molecule has 1 aliphatic rings. The molecule has 1 aromatic carbocycles. The lowest BCUT2D eigenvalue weighted by Crippen LogP contribution is -2.31. The van der Waals surface area contributed by atoms with Gasteiger partial charge in [-0.05, 0) is 25.8 Å². The van der Waals surface area contributed by atoms with Gasteiger partial charge in [-0.2, -0.15) is 0 Å². The second-order valence-corrected chi connectivity index (χ2v) is 5.27. The molecule has 1 heterocycles. The lowest BCUT2D eigenvalue weighted by Gasteiger charge is -2.26. The molecule has 0 saturated carbocycles. The van der Waals surface area contributed by atoms with Crippen molar-refractivity contribution >= 4 is 0 Å². The molecule has 5 heteroatoms. The zero-order valence-corrected chi connectivity index (χ0v) is 11.2. The van der Waals surface area contributed by atoms with Crippen LogP contribution in [0.25, 0.3) is 0 Å². The number of hydrogen-bond acceptors (Lipinski definition) is 2. The third-order valence-corrected chi connectivity index (χ3v) is 4.16. The van der Waals surface area contributed by atoms with Crippen molar-refractivity contribution in [3.05, 3.63) is 35.1 Å². The van der Waals surface area contributed by atoms with E-state index in [1.165, 1.54) is 6.07 Å². The van der Waals surface area contributed by atoms with Crippen molar-refractivity contribution in [2.45, 2.75) is 39.0 Å². The van der Waals surface area contributed by atoms with E-state index in [1.54, 1.807) is 0 Å². The zero-order valence-electron chi connectivity index (χ0n) is 11.2. The molecular weight excluding hydrogens is 255 g/mol. The van der Waals surface area contributed by atoms with Gasteiger partial charge in [0.05, 0.1) is 12.2 Å². The van der Waals surface area contributed by atoms with Gasteiger partial charge in [0.25, 0.3) is 0 Å². The van der Waals surface area contributed by atoms with Crippen LogP contribution in [0.5, 0.6) is 0 Å². The van der Waals surface area contributed by atoms with Crippen molar-refractivity contribution in [3.8, 4) is 0 Å². The first-order valence-corrected chi connectivity index (χ1v) is 6.39. The molecule has 1 fully saturated rings. The van der Waals surface area contributed by atoms with Crippen LogP contribution < -0.4 is 5.73 Å². The van der Waals surface area contributed by atoms with Gasteiger partial charge in [0, 0.05) is 17.5 Å². The number of benzene rings is 1. The third kappa shape index (κ3) is 2.37. The quantitative estimate of drug-likeness (QED) is 0.840. The van der Waals surface area contributed by atoms with Gasteiger partial charge in [-0.3, -0.25) is 0 Å². The van der Waals surface area contributed by atoms with E-state index in [-0.39, 0.29) is 29.6 Å². The maximum atomic E-state index is 13.8. The molecule has 0 bridgehead atoms. The summed E-state index contributed by atoms with van der Waals surface area (Å²) >= 11 is 0. The van der Waals surface area contributed by atoms with Crippen LogP contribution in [0.4, 0.5) is 13.2 Å². The number of nitrogens with two attached hydrogens (primary N) is 1. The van der Waals surface area contributed by atoms with Crippen molar-refractivity contribution in [2.24, 2.45) is 17.6 Å². The Kier molecular flexibility index (Phi) is 3.87. The van der Waals surface area contributed by atoms with E-state index in [2.05, 4.69) is 0 Å². The van der Waals surface area contributed by atoms with Crippen LogP contribution in [0, 0.1) is 29.3 Å². The molecule has 0 aromatic heterocycles. The Morgan fingerprint density at radius 3 is 2.21 bits per heavy atom. The summed E-state index contributed by atoms with van der Waals surface area (Å²) in [6, 6.07) is 1.40. The minimum absolute atomic E-state index is 0.000278. The SMILES string of the molecule is CC1OC(C)C(C(N)c2ccc(F)c(F)c2F)C1C. The summed E-state index contributed by atoms with van der Waals surface area (Å²) in [7, 11) is 0. The highest BCUT2D eigenvalue weighted by Crippen LogP contribution is 2.40. The van der Waals surface area contributed by atoms with E-state index in [9.17, 15) is 13.2 Å². The molecule has 5 atom stereocenters. The van der Waals surface area contributed by atoms with Crippen molar-refractivity contribution < 1.29 is 17.9 Å². The maximum Gasteiger partial charge on any atom is 0.194 e. The van der Waals surface area contributed by atoms with E-state index in [0.717, 1.165) is 6.07 Å². The summed E-state index contributed by atoms with van der Waals surface area (Å²) in [4.78, 5) is 0. The number of ether oxygens (including phenoxy) is 1. The predicted molar refractivity (Wildman–Crippen MR) is 65.9 cm³/mol. The number of halogens is 3. The highest BCUT2D eigenvalue weighted by molar-refractivity contribution is 5.24. The van der Waals surface area contributed by atoms with Crippen LogP contribution in [0.3, 0.4) is 0 Å². The monoisotopic (exact) mass is 273 g/mol. The molecule has 0 radical (unpaired) electrons. The fourth-order valence-corrected chi connectivity index (χ4v) is 2.92. The molecule has 0 spiro atoms. The molecule has 5 unspecified atom stereocenters. The topological polar surface area (TPSA) is 35.2 Å². The van der Waals surface area contributed by atoms with Gasteiger partial charge in [-0.15, -0.1) is 0 Å². The predicted octanol–water partition coefficient (Wildman–Crippen LogP) is 3.16. The fraction of sp³-hybridized carbons (Fsp3) is 0.571. The van der Waals surface area contributed by atoms with Gasteiger partial charge in [-0.1, -0.05) is 13.0 Å². The summed E-state index contributed by atoms with van der Waals surface area (Å²) in [6.07, 6.45) is -0.132. The molecule has 2 N–H and O–H groups in total. The Labute approximate surface area is 110 Å². The molecular formula is C14H18F3NO. The summed E-state index contributed by atoms with van der Waals surface area (Å²) in [5, 5.41) is 0. The molecule has 106 valence electrons. The van der Waals surface area contributed by atoms with Crippen LogP contribution in [-0.4, -0.2) is 12.2 Å². The molecule has 0 amide bonds. The maximum absolute atomic E-state index is 13.8. The Balaban J connectivity index is 2.35. The summed E-state index contributed by atoms with van der Waals surface area (Å²) < 4.78 is 45.6. The van der Waals surface area contributed by atoms with E-state index in [0.29, 0.717) is 0 Å². The van der Waals surface area contributed by atoms with Gasteiger partial charge in [0.2, 0.25) is 0 Å². The largest absolute Gasteiger partial charge is 0.375 e. The molecule has 1 aliphatic heterocycles. The van der Waals surface area contributed by atoms with Crippen LogP contribution >= 0.6 is 0 Å². The van der Waals surface area contributed by atoms with Crippen LogP contribution in [0.15, 0.2) is 12.1 Å². The van der Waals surface area contributed by atoms with Gasteiger partial charge >= 0.3 is 0 Å². The minimum Gasteiger partial charge on any atom is -0.375 e. The van der Waals surface area contributed by atoms with Gasteiger partial charge in [0.1, 0.15) is 0 Å². The average molecular weight is 273 g/mol. The third-order valence-electron chi connectivity index (χ3n) is 4.16. The molecule has 1 saturated heterocycles. The Morgan fingerprint density at radius 2 is 1.68 bits per heavy atom. The molecule has 19 heavy (non-hydrogen) atoms. The fourth-order valence-electron chi connectivity index (χ4n) is 2.92. The van der Waals surface area contributed by atoms with E-state index >= 15 is 0 Å². The standard InChI is InChI=1S/C14H18F3NO/c1-6-7(2)19-8(3)11(6)14(18)9-4-5-10(15)13(17)12(9)16/h4-8,11,14H,18H2,1-3H3. The Bertz CT molecular complexity index is 480. The molecule has 1 aromatic rings. The van der Waals surface area contributed by atoms with Gasteiger partial charge in [-0.25, -0.2) is 13.2 Å². The van der Waals surface area contributed by atoms with Crippen molar-refractivity contribution in [3.63, 3.8) is 0 Å². The highest BCUT2D eigenvalue weighted by Gasteiger charge is 2.41. The second-order valence-electron chi connectivity index (χ2n) is 5.27. The molecule has 2 nitrogen and oxygen atoms in total. The average Bonchev–Trinajstić information content (AvgIpc) is 2.60. The molecule has 2 rings (SSSR count). The van der Waals surface area contributed by atoms with Crippen LogP contribution in [-0.2, 0) is 4.74 Å². The van der Waals surface area contributed by atoms with Crippen molar-refractivity contribution in [1.29, 1.82) is 0 Å². The van der Waals surface area contributed by atoms with Crippen molar-refractivity contribution in [1.82, 2.24) is 0 Å². The first-order chi connectivity index (χ1) is 8.84. The first-order valence-electron chi connectivity index (χ1n) is 6.39. The van der Waals surface area contributed by atoms with Crippen molar-refractivity contribution in [2.75, 3.05) is 0 Å². The summed E-state index contributed by atoms with van der Waals surface area (Å²) in [5.41, 5.74) is 6.05. The van der Waals surface area contributed by atoms with E-state index in [1.807, 2.05) is 20.8 Å². The summed E-state index contributed by atoms with van der Waals surface area (Å²) in [6.45, 7) is 5.76. The van der Waals surface area contributed by atoms with Crippen LogP contribution in [0.2, 0.25) is 0 Å². The lowest BCUT2D eigenvalue weighted by atomic mass is 9.81. The summed E-state index contributed by atoms with van der Waals surface area (Å²) in [5.74, 6) is -3.89. The number of rotatable bonds is 2. The van der Waals surface area contributed by atoms with Crippen LogP contribution in [0.1, 0.15) is 32.4 Å². The zero-order chi connectivity index (χ0) is 14.3. The van der Waals surface area contributed by atoms with E-state index in [4.69, 9.17) is 10.5 Å². The number of hydrogen-bond donors (Lipinski definition) is 1. The van der Waals surface area contributed by atoms with Gasteiger partial charge < -0.3 is 10.5 Å². The Hall–Kier alpha value is -1.07. The second kappa shape index (κ2) is 5.13. The lowest BCUT2D eigenvalue weighted by molar-refractivity contribution is 0.0488. The highest BCUT2D eigenvalue weighted by atomic mass is 19.2. The normalized spacial score (nSPS) is 32.6. The van der Waals surface area contributed by atoms with E-state index < -0.39 is 23.5 Å². The van der Waals surface area contributed by atoms with Gasteiger partial charge in [0.15, 0.2) is 17.5 Å².